The fourth-order valence-electron chi connectivity index (χ4n) is 2.98. The van der Waals surface area contributed by atoms with Crippen LogP contribution in [0.25, 0.3) is 0 Å². The maximum absolute atomic E-state index is 12.0. The Balaban J connectivity index is 2.22. The number of rotatable bonds is 5. The first-order valence-electron chi connectivity index (χ1n) is 8.00. The highest BCUT2D eigenvalue weighted by Gasteiger charge is 2.36. The van der Waals surface area contributed by atoms with Gasteiger partial charge in [-0.15, -0.1) is 11.3 Å². The van der Waals surface area contributed by atoms with Crippen molar-refractivity contribution in [3.05, 3.63) is 15.6 Å². The van der Waals surface area contributed by atoms with E-state index in [-0.39, 0.29) is 11.5 Å². The van der Waals surface area contributed by atoms with E-state index in [2.05, 4.69) is 11.9 Å². The van der Waals surface area contributed by atoms with E-state index in [0.29, 0.717) is 11.5 Å². The Morgan fingerprint density at radius 1 is 1.38 bits per heavy atom. The van der Waals surface area contributed by atoms with E-state index in [0.717, 1.165) is 48.7 Å². The van der Waals surface area contributed by atoms with Crippen LogP contribution in [0.15, 0.2) is 0 Å². The number of nitrogens with two attached hydrogens (primary N) is 1. The molecule has 118 valence electrons. The van der Waals surface area contributed by atoms with Crippen molar-refractivity contribution in [2.24, 2.45) is 11.7 Å². The third kappa shape index (κ3) is 3.46. The molecular weight excluding hydrogens is 284 g/mol. The van der Waals surface area contributed by atoms with E-state index in [9.17, 15) is 4.79 Å². The molecule has 4 nitrogen and oxygen atoms in total. The average Bonchev–Trinajstić information content (AvgIpc) is 2.93. The van der Waals surface area contributed by atoms with Crippen LogP contribution in [-0.2, 0) is 16.7 Å². The molecule has 1 aliphatic rings. The minimum Gasteiger partial charge on any atom is -0.462 e. The fraction of sp³-hybridized carbons (Fsp3) is 0.750. The Hall–Kier alpha value is -0.940. The highest BCUT2D eigenvalue weighted by Crippen LogP contribution is 2.40. The maximum atomic E-state index is 12.0. The van der Waals surface area contributed by atoms with Crippen LogP contribution < -0.4 is 5.73 Å². The van der Waals surface area contributed by atoms with Gasteiger partial charge < -0.3 is 10.5 Å². The van der Waals surface area contributed by atoms with E-state index in [1.54, 1.807) is 0 Å². The molecule has 5 heteroatoms. The predicted octanol–water partition coefficient (Wildman–Crippen LogP) is 3.64. The minimum atomic E-state index is -0.356. The zero-order chi connectivity index (χ0) is 15.5. The first kappa shape index (κ1) is 16.4. The van der Waals surface area contributed by atoms with Gasteiger partial charge in [0.15, 0.2) is 0 Å². The van der Waals surface area contributed by atoms with Crippen molar-refractivity contribution in [2.45, 2.75) is 64.8 Å². The van der Waals surface area contributed by atoms with Crippen molar-refractivity contribution in [3.63, 3.8) is 0 Å². The standard InChI is InChI=1S/C16H26N2O2S/c1-4-11-7-9-16(17,10-8-11)15-18-12(5-2)13(21-15)14(19)20-6-3/h11H,4-10,17H2,1-3H3. The summed E-state index contributed by atoms with van der Waals surface area (Å²) in [6.07, 6.45) is 6.20. The number of aryl methyl sites for hydroxylation is 1. The molecule has 1 aliphatic carbocycles. The number of nitrogens with zero attached hydrogens (tertiary/aromatic N) is 1. The predicted molar refractivity (Wildman–Crippen MR) is 85.6 cm³/mol. The molecule has 1 saturated carbocycles. The maximum Gasteiger partial charge on any atom is 0.350 e. The molecule has 0 amide bonds. The molecule has 0 radical (unpaired) electrons. The van der Waals surface area contributed by atoms with Gasteiger partial charge >= 0.3 is 5.97 Å². The summed E-state index contributed by atoms with van der Waals surface area (Å²) in [5, 5.41) is 0.914. The van der Waals surface area contributed by atoms with E-state index in [1.165, 1.54) is 17.8 Å². The first-order chi connectivity index (χ1) is 10.0. The highest BCUT2D eigenvalue weighted by molar-refractivity contribution is 7.13. The Kier molecular flexibility index (Phi) is 5.38. The molecule has 21 heavy (non-hydrogen) atoms. The summed E-state index contributed by atoms with van der Waals surface area (Å²) < 4.78 is 5.13. The quantitative estimate of drug-likeness (QED) is 0.843. The number of aromatic nitrogens is 1. The molecule has 0 saturated heterocycles. The van der Waals surface area contributed by atoms with Gasteiger partial charge in [-0.25, -0.2) is 9.78 Å². The van der Waals surface area contributed by atoms with Crippen LogP contribution in [0.5, 0.6) is 0 Å². The van der Waals surface area contributed by atoms with Gasteiger partial charge in [-0.3, -0.25) is 0 Å². The third-order valence-electron chi connectivity index (χ3n) is 4.49. The van der Waals surface area contributed by atoms with Crippen molar-refractivity contribution in [1.29, 1.82) is 0 Å². The summed E-state index contributed by atoms with van der Waals surface area (Å²) in [6.45, 7) is 6.47. The van der Waals surface area contributed by atoms with Crippen LogP contribution in [0.1, 0.15) is 73.2 Å². The second-order valence-corrected chi connectivity index (χ2v) is 6.88. The summed E-state index contributed by atoms with van der Waals surface area (Å²) in [5.74, 6) is 0.528. The number of carbonyl (C=O) groups excluding carboxylic acids is 1. The lowest BCUT2D eigenvalue weighted by molar-refractivity contribution is 0.0530. The van der Waals surface area contributed by atoms with Gasteiger partial charge in [0.25, 0.3) is 0 Å². The third-order valence-corrected chi connectivity index (χ3v) is 5.79. The van der Waals surface area contributed by atoms with E-state index < -0.39 is 0 Å². The first-order valence-corrected chi connectivity index (χ1v) is 8.81. The number of hydrogen-bond acceptors (Lipinski definition) is 5. The largest absolute Gasteiger partial charge is 0.462 e. The van der Waals surface area contributed by atoms with Gasteiger partial charge in [0.1, 0.15) is 9.88 Å². The van der Waals surface area contributed by atoms with Crippen molar-refractivity contribution in [3.8, 4) is 0 Å². The van der Waals surface area contributed by atoms with Crippen LogP contribution in [0, 0.1) is 5.92 Å². The Morgan fingerprint density at radius 3 is 2.57 bits per heavy atom. The van der Waals surface area contributed by atoms with Crippen LogP contribution in [0.4, 0.5) is 0 Å². The second kappa shape index (κ2) is 6.88. The van der Waals surface area contributed by atoms with Crippen molar-refractivity contribution < 1.29 is 9.53 Å². The summed E-state index contributed by atoms with van der Waals surface area (Å²) >= 11 is 1.44. The van der Waals surface area contributed by atoms with Crippen molar-refractivity contribution in [1.82, 2.24) is 4.98 Å². The van der Waals surface area contributed by atoms with Crippen LogP contribution in [0.3, 0.4) is 0 Å². The normalized spacial score (nSPS) is 25.8. The summed E-state index contributed by atoms with van der Waals surface area (Å²) in [4.78, 5) is 17.3. The van der Waals surface area contributed by atoms with Gasteiger partial charge in [-0.1, -0.05) is 20.3 Å². The fourth-order valence-corrected chi connectivity index (χ4v) is 4.18. The molecule has 0 aliphatic heterocycles. The highest BCUT2D eigenvalue weighted by atomic mass is 32.1. The van der Waals surface area contributed by atoms with E-state index in [4.69, 9.17) is 10.5 Å². The lowest BCUT2D eigenvalue weighted by atomic mass is 9.76. The lowest BCUT2D eigenvalue weighted by Crippen LogP contribution is -2.40. The molecule has 0 aromatic carbocycles. The molecule has 0 unspecified atom stereocenters. The molecule has 0 bridgehead atoms. The SMILES string of the molecule is CCOC(=O)c1sc(C2(N)CCC(CC)CC2)nc1CC. The Bertz CT molecular complexity index is 490. The molecule has 0 spiro atoms. The van der Waals surface area contributed by atoms with Crippen molar-refractivity contribution in [2.75, 3.05) is 6.61 Å². The van der Waals surface area contributed by atoms with Crippen LogP contribution in [0.2, 0.25) is 0 Å². The van der Waals surface area contributed by atoms with Gasteiger partial charge in [-0.05, 0) is 44.9 Å². The zero-order valence-electron chi connectivity index (χ0n) is 13.3. The van der Waals surface area contributed by atoms with Crippen LogP contribution >= 0.6 is 11.3 Å². The summed E-state index contributed by atoms with van der Waals surface area (Å²) in [7, 11) is 0. The molecule has 1 aromatic rings. The van der Waals surface area contributed by atoms with E-state index >= 15 is 0 Å². The van der Waals surface area contributed by atoms with E-state index in [1.807, 2.05) is 13.8 Å². The zero-order valence-corrected chi connectivity index (χ0v) is 14.1. The number of thiazole rings is 1. The van der Waals surface area contributed by atoms with Crippen LogP contribution in [-0.4, -0.2) is 17.6 Å². The smallest absolute Gasteiger partial charge is 0.350 e. The Morgan fingerprint density at radius 2 is 2.05 bits per heavy atom. The average molecular weight is 310 g/mol. The summed E-state index contributed by atoms with van der Waals surface area (Å²) in [6, 6.07) is 0. The number of ether oxygens (including phenoxy) is 1. The molecule has 0 atom stereocenters. The number of esters is 1. The summed E-state index contributed by atoms with van der Waals surface area (Å²) in [5.41, 5.74) is 7.08. The van der Waals surface area contributed by atoms with Gasteiger partial charge in [0.2, 0.25) is 0 Å². The topological polar surface area (TPSA) is 65.2 Å². The Labute approximate surface area is 131 Å². The molecule has 2 rings (SSSR count). The molecular formula is C16H26N2O2S. The van der Waals surface area contributed by atoms with Crippen molar-refractivity contribution >= 4 is 17.3 Å². The molecule has 2 N–H and O–H groups in total. The lowest BCUT2D eigenvalue weighted by Gasteiger charge is -2.35. The molecule has 1 heterocycles. The number of hydrogen-bond donors (Lipinski definition) is 1. The number of carbonyl (C=O) groups is 1. The molecule has 1 fully saturated rings. The molecule has 1 aromatic heterocycles. The second-order valence-electron chi connectivity index (χ2n) is 5.88. The van der Waals surface area contributed by atoms with Gasteiger partial charge in [0.05, 0.1) is 17.8 Å². The monoisotopic (exact) mass is 310 g/mol. The van der Waals surface area contributed by atoms with Gasteiger partial charge in [0, 0.05) is 0 Å². The van der Waals surface area contributed by atoms with Gasteiger partial charge in [-0.2, -0.15) is 0 Å². The minimum absolute atomic E-state index is 0.260.